The Labute approximate surface area is 90.9 Å². The van der Waals surface area contributed by atoms with Crippen LogP contribution >= 0.6 is 11.8 Å². The van der Waals surface area contributed by atoms with E-state index in [1.54, 1.807) is 0 Å². The van der Waals surface area contributed by atoms with E-state index in [1.165, 1.54) is 17.8 Å². The van der Waals surface area contributed by atoms with Crippen molar-refractivity contribution in [1.29, 1.82) is 0 Å². The molecule has 0 saturated heterocycles. The Morgan fingerprint density at radius 2 is 2.07 bits per heavy atom. The van der Waals surface area contributed by atoms with Crippen molar-refractivity contribution in [2.24, 2.45) is 5.92 Å². The van der Waals surface area contributed by atoms with Crippen molar-refractivity contribution in [2.45, 2.75) is 17.7 Å². The predicted octanol–water partition coefficient (Wildman–Crippen LogP) is 3.04. The molecular weight excluding hydrogens is 218 g/mol. The van der Waals surface area contributed by atoms with Gasteiger partial charge in [0, 0.05) is 10.8 Å². The molecule has 1 aliphatic carbocycles. The second kappa shape index (κ2) is 4.31. The summed E-state index contributed by atoms with van der Waals surface area (Å²) in [5, 5.41) is 0. The molecule has 0 aliphatic heterocycles. The molecule has 1 nitrogen and oxygen atoms in total. The van der Waals surface area contributed by atoms with Crippen molar-refractivity contribution in [2.75, 3.05) is 5.75 Å². The lowest BCUT2D eigenvalue weighted by molar-refractivity contribution is -0.117. The molecule has 0 aromatic heterocycles. The number of halogens is 2. The number of hydrogen-bond donors (Lipinski definition) is 0. The zero-order valence-corrected chi connectivity index (χ0v) is 8.82. The minimum absolute atomic E-state index is 0.213. The van der Waals surface area contributed by atoms with Crippen LogP contribution in [0, 0.1) is 17.6 Å². The summed E-state index contributed by atoms with van der Waals surface area (Å²) in [6, 6.07) is 3.70. The van der Waals surface area contributed by atoms with Crippen LogP contribution in [-0.2, 0) is 4.79 Å². The summed E-state index contributed by atoms with van der Waals surface area (Å²) in [4.78, 5) is 11.9. The van der Waals surface area contributed by atoms with E-state index in [2.05, 4.69) is 0 Å². The van der Waals surface area contributed by atoms with Gasteiger partial charge in [-0.05, 0) is 31.0 Å². The molecule has 4 heteroatoms. The summed E-state index contributed by atoms with van der Waals surface area (Å²) in [5.74, 6) is -0.922. The average molecular weight is 228 g/mol. The molecule has 0 unspecified atom stereocenters. The second-order valence-corrected chi connectivity index (χ2v) is 4.65. The molecule has 0 N–H and O–H groups in total. The van der Waals surface area contributed by atoms with E-state index in [9.17, 15) is 13.6 Å². The van der Waals surface area contributed by atoms with Gasteiger partial charge in [0.05, 0.1) is 5.75 Å². The van der Waals surface area contributed by atoms with Crippen molar-refractivity contribution in [3.63, 3.8) is 0 Å². The lowest BCUT2D eigenvalue weighted by Crippen LogP contribution is -2.03. The van der Waals surface area contributed by atoms with E-state index in [-0.39, 0.29) is 11.7 Å². The largest absolute Gasteiger partial charge is 0.298 e. The molecule has 0 amide bonds. The van der Waals surface area contributed by atoms with E-state index < -0.39 is 11.6 Å². The van der Waals surface area contributed by atoms with E-state index in [0.717, 1.165) is 25.0 Å². The maximum atomic E-state index is 12.8. The summed E-state index contributed by atoms with van der Waals surface area (Å²) in [7, 11) is 0. The van der Waals surface area contributed by atoms with Crippen LogP contribution in [0.15, 0.2) is 23.1 Å². The Bertz CT molecular complexity index is 388. The molecular formula is C11H10F2OS. The highest BCUT2D eigenvalue weighted by atomic mass is 32.2. The fourth-order valence-corrected chi connectivity index (χ4v) is 2.14. The minimum atomic E-state index is -0.862. The van der Waals surface area contributed by atoms with E-state index in [4.69, 9.17) is 0 Å². The van der Waals surface area contributed by atoms with Crippen molar-refractivity contribution in [3.8, 4) is 0 Å². The van der Waals surface area contributed by atoms with Crippen LogP contribution in [0.2, 0.25) is 0 Å². The molecule has 1 aromatic carbocycles. The summed E-state index contributed by atoms with van der Waals surface area (Å²) >= 11 is 1.26. The maximum Gasteiger partial charge on any atom is 0.159 e. The summed E-state index contributed by atoms with van der Waals surface area (Å²) < 4.78 is 25.4. The topological polar surface area (TPSA) is 17.1 Å². The Kier molecular flexibility index (Phi) is 3.05. The van der Waals surface area contributed by atoms with Gasteiger partial charge in [0.15, 0.2) is 11.6 Å². The van der Waals surface area contributed by atoms with Crippen molar-refractivity contribution >= 4 is 17.5 Å². The molecule has 15 heavy (non-hydrogen) atoms. The van der Waals surface area contributed by atoms with Crippen molar-refractivity contribution < 1.29 is 13.6 Å². The number of thioether (sulfide) groups is 1. The Hall–Kier alpha value is -0.900. The SMILES string of the molecule is O=C(CSc1ccc(F)c(F)c1)C1CC1. The van der Waals surface area contributed by atoms with Gasteiger partial charge in [0.2, 0.25) is 0 Å². The average Bonchev–Trinajstić information content (AvgIpc) is 3.03. The minimum Gasteiger partial charge on any atom is -0.298 e. The van der Waals surface area contributed by atoms with Crippen LogP contribution in [0.1, 0.15) is 12.8 Å². The highest BCUT2D eigenvalue weighted by Crippen LogP contribution is 2.32. The number of carbonyl (C=O) groups excluding carboxylic acids is 1. The van der Waals surface area contributed by atoms with Crippen LogP contribution in [0.5, 0.6) is 0 Å². The van der Waals surface area contributed by atoms with Crippen molar-refractivity contribution in [1.82, 2.24) is 0 Å². The first-order valence-corrected chi connectivity index (χ1v) is 5.76. The summed E-state index contributed by atoms with van der Waals surface area (Å²) in [5.41, 5.74) is 0. The Balaban J connectivity index is 1.92. The fraction of sp³-hybridized carbons (Fsp3) is 0.364. The third-order valence-corrected chi connectivity index (χ3v) is 3.32. The van der Waals surface area contributed by atoms with Gasteiger partial charge < -0.3 is 0 Å². The number of carbonyl (C=O) groups is 1. The standard InChI is InChI=1S/C11H10F2OS/c12-9-4-3-8(5-10(9)13)15-6-11(14)7-1-2-7/h3-5,7H,1-2,6H2. The molecule has 2 rings (SSSR count). The number of hydrogen-bond acceptors (Lipinski definition) is 2. The van der Waals surface area contributed by atoms with Crippen LogP contribution in [0.25, 0.3) is 0 Å². The van der Waals surface area contributed by atoms with Gasteiger partial charge in [-0.3, -0.25) is 4.79 Å². The highest BCUT2D eigenvalue weighted by Gasteiger charge is 2.28. The van der Waals surface area contributed by atoms with Gasteiger partial charge in [0.1, 0.15) is 5.78 Å². The molecule has 1 saturated carbocycles. The number of Topliss-reactive ketones (excluding diaryl/α,β-unsaturated/α-hetero) is 1. The van der Waals surface area contributed by atoms with Crippen LogP contribution in [0.4, 0.5) is 8.78 Å². The monoisotopic (exact) mass is 228 g/mol. The van der Waals surface area contributed by atoms with E-state index in [1.807, 2.05) is 0 Å². The summed E-state index contributed by atoms with van der Waals surface area (Å²) in [6.07, 6.45) is 1.97. The lowest BCUT2D eigenvalue weighted by Gasteiger charge is -2.00. The summed E-state index contributed by atoms with van der Waals surface area (Å²) in [6.45, 7) is 0. The van der Waals surface area contributed by atoms with Gasteiger partial charge in [-0.25, -0.2) is 8.78 Å². The molecule has 0 heterocycles. The highest BCUT2D eigenvalue weighted by molar-refractivity contribution is 8.00. The molecule has 1 aromatic rings. The first-order chi connectivity index (χ1) is 7.16. The molecule has 0 atom stereocenters. The zero-order valence-electron chi connectivity index (χ0n) is 8.00. The van der Waals surface area contributed by atoms with Gasteiger partial charge in [-0.2, -0.15) is 0 Å². The van der Waals surface area contributed by atoms with Gasteiger partial charge in [0.25, 0.3) is 0 Å². The smallest absolute Gasteiger partial charge is 0.159 e. The molecule has 1 fully saturated rings. The Morgan fingerprint density at radius 1 is 1.33 bits per heavy atom. The van der Waals surface area contributed by atoms with Crippen molar-refractivity contribution in [3.05, 3.63) is 29.8 Å². The van der Waals surface area contributed by atoms with Gasteiger partial charge in [-0.15, -0.1) is 11.8 Å². The fourth-order valence-electron chi connectivity index (χ4n) is 1.24. The maximum absolute atomic E-state index is 12.8. The van der Waals surface area contributed by atoms with Crippen LogP contribution in [0.3, 0.4) is 0 Å². The van der Waals surface area contributed by atoms with E-state index in [0.29, 0.717) is 10.6 Å². The number of benzene rings is 1. The third-order valence-electron chi connectivity index (χ3n) is 2.30. The molecule has 0 bridgehead atoms. The molecule has 0 spiro atoms. The lowest BCUT2D eigenvalue weighted by atomic mass is 10.3. The third kappa shape index (κ3) is 2.78. The molecule has 80 valence electrons. The number of ketones is 1. The quantitative estimate of drug-likeness (QED) is 0.737. The molecule has 0 radical (unpaired) electrons. The first kappa shape index (κ1) is 10.6. The first-order valence-electron chi connectivity index (χ1n) is 4.77. The predicted molar refractivity (Wildman–Crippen MR) is 54.8 cm³/mol. The number of rotatable bonds is 4. The Morgan fingerprint density at radius 3 is 2.67 bits per heavy atom. The second-order valence-electron chi connectivity index (χ2n) is 3.61. The van der Waals surface area contributed by atoms with Gasteiger partial charge in [-0.1, -0.05) is 0 Å². The van der Waals surface area contributed by atoms with Crippen LogP contribution < -0.4 is 0 Å². The zero-order chi connectivity index (χ0) is 10.8. The van der Waals surface area contributed by atoms with Crippen LogP contribution in [-0.4, -0.2) is 11.5 Å². The van der Waals surface area contributed by atoms with Gasteiger partial charge >= 0.3 is 0 Å². The van der Waals surface area contributed by atoms with E-state index >= 15 is 0 Å². The molecule has 1 aliphatic rings. The normalized spacial score (nSPS) is 15.3.